The molecule has 1 amide bonds. The zero-order chi connectivity index (χ0) is 14.4. The molecule has 0 spiro atoms. The van der Waals surface area contributed by atoms with Gasteiger partial charge in [-0.2, -0.15) is 0 Å². The van der Waals surface area contributed by atoms with Gasteiger partial charge in [-0.25, -0.2) is 4.39 Å². The Hall–Kier alpha value is -2.36. The van der Waals surface area contributed by atoms with E-state index in [4.69, 9.17) is 4.74 Å². The van der Waals surface area contributed by atoms with Crippen molar-refractivity contribution in [3.8, 4) is 5.75 Å². The molecule has 3 nitrogen and oxygen atoms in total. The van der Waals surface area contributed by atoms with Gasteiger partial charge >= 0.3 is 0 Å². The first-order chi connectivity index (χ1) is 9.65. The summed E-state index contributed by atoms with van der Waals surface area (Å²) >= 11 is 0. The van der Waals surface area contributed by atoms with Crippen molar-refractivity contribution in [1.29, 1.82) is 0 Å². The summed E-state index contributed by atoms with van der Waals surface area (Å²) in [5, 5.41) is 2.76. The number of amides is 1. The second kappa shape index (κ2) is 6.70. The van der Waals surface area contributed by atoms with E-state index in [1.807, 2.05) is 19.1 Å². The first kappa shape index (κ1) is 14.1. The van der Waals surface area contributed by atoms with E-state index in [1.54, 1.807) is 24.3 Å². The SMILES string of the molecule is Cc1ccc(C(=O)NCCOc2ccc(F)cc2)cc1. The van der Waals surface area contributed by atoms with Crippen molar-refractivity contribution < 1.29 is 13.9 Å². The molecule has 0 radical (unpaired) electrons. The van der Waals surface area contributed by atoms with Gasteiger partial charge in [0.1, 0.15) is 18.2 Å². The van der Waals surface area contributed by atoms with Gasteiger partial charge in [0.05, 0.1) is 6.54 Å². The lowest BCUT2D eigenvalue weighted by atomic mass is 10.1. The van der Waals surface area contributed by atoms with E-state index in [2.05, 4.69) is 5.32 Å². The second-order valence-corrected chi connectivity index (χ2v) is 4.42. The Morgan fingerprint density at radius 1 is 1.10 bits per heavy atom. The summed E-state index contributed by atoms with van der Waals surface area (Å²) in [7, 11) is 0. The van der Waals surface area contributed by atoms with Crippen molar-refractivity contribution in [3.63, 3.8) is 0 Å². The van der Waals surface area contributed by atoms with Gasteiger partial charge in [-0.3, -0.25) is 4.79 Å². The normalized spacial score (nSPS) is 10.1. The number of ether oxygens (including phenoxy) is 1. The van der Waals surface area contributed by atoms with E-state index in [9.17, 15) is 9.18 Å². The third kappa shape index (κ3) is 4.09. The number of benzene rings is 2. The number of carbonyl (C=O) groups excluding carboxylic acids is 1. The van der Waals surface area contributed by atoms with E-state index < -0.39 is 0 Å². The molecule has 0 aliphatic carbocycles. The van der Waals surface area contributed by atoms with Crippen LogP contribution in [0.3, 0.4) is 0 Å². The van der Waals surface area contributed by atoms with Crippen LogP contribution in [0.4, 0.5) is 4.39 Å². The molecule has 0 bridgehead atoms. The van der Waals surface area contributed by atoms with Crippen LogP contribution in [-0.2, 0) is 0 Å². The molecule has 0 unspecified atom stereocenters. The number of carbonyl (C=O) groups is 1. The minimum atomic E-state index is -0.301. The lowest BCUT2D eigenvalue weighted by Crippen LogP contribution is -2.28. The van der Waals surface area contributed by atoms with Crippen molar-refractivity contribution in [2.45, 2.75) is 6.92 Å². The molecule has 0 aliphatic heterocycles. The zero-order valence-electron chi connectivity index (χ0n) is 11.2. The van der Waals surface area contributed by atoms with Crippen LogP contribution in [0.1, 0.15) is 15.9 Å². The molecule has 20 heavy (non-hydrogen) atoms. The van der Waals surface area contributed by atoms with Crippen LogP contribution in [0, 0.1) is 12.7 Å². The van der Waals surface area contributed by atoms with E-state index in [0.29, 0.717) is 24.5 Å². The van der Waals surface area contributed by atoms with Crippen molar-refractivity contribution in [2.24, 2.45) is 0 Å². The number of rotatable bonds is 5. The Kier molecular flexibility index (Phi) is 4.71. The first-order valence-electron chi connectivity index (χ1n) is 6.38. The number of nitrogens with one attached hydrogen (secondary N) is 1. The van der Waals surface area contributed by atoms with Gasteiger partial charge < -0.3 is 10.1 Å². The summed E-state index contributed by atoms with van der Waals surface area (Å²) in [5.41, 5.74) is 1.73. The molecule has 2 aromatic rings. The molecule has 4 heteroatoms. The van der Waals surface area contributed by atoms with Crippen LogP contribution in [0.5, 0.6) is 5.75 Å². The molecule has 2 rings (SSSR count). The van der Waals surface area contributed by atoms with E-state index in [-0.39, 0.29) is 11.7 Å². The third-order valence-electron chi connectivity index (χ3n) is 2.78. The molecule has 1 N–H and O–H groups in total. The quantitative estimate of drug-likeness (QED) is 0.851. The van der Waals surface area contributed by atoms with E-state index in [1.165, 1.54) is 12.1 Å². The Labute approximate surface area is 117 Å². The lowest BCUT2D eigenvalue weighted by molar-refractivity contribution is 0.0947. The van der Waals surface area contributed by atoms with Gasteiger partial charge in [-0.1, -0.05) is 17.7 Å². The van der Waals surface area contributed by atoms with Gasteiger partial charge in [0.2, 0.25) is 0 Å². The van der Waals surface area contributed by atoms with Crippen LogP contribution in [0.25, 0.3) is 0 Å². The predicted octanol–water partition coefficient (Wildman–Crippen LogP) is 2.94. The number of hydrogen-bond acceptors (Lipinski definition) is 2. The monoisotopic (exact) mass is 273 g/mol. The van der Waals surface area contributed by atoms with E-state index in [0.717, 1.165) is 5.56 Å². The lowest BCUT2D eigenvalue weighted by Gasteiger charge is -2.08. The van der Waals surface area contributed by atoms with Gasteiger partial charge in [0.25, 0.3) is 5.91 Å². The highest BCUT2D eigenvalue weighted by molar-refractivity contribution is 5.94. The van der Waals surface area contributed by atoms with Crippen LogP contribution in [-0.4, -0.2) is 19.1 Å². The Morgan fingerprint density at radius 3 is 2.40 bits per heavy atom. The highest BCUT2D eigenvalue weighted by Gasteiger charge is 2.03. The van der Waals surface area contributed by atoms with Crippen LogP contribution in [0.15, 0.2) is 48.5 Å². The molecule has 104 valence electrons. The fraction of sp³-hybridized carbons (Fsp3) is 0.188. The average molecular weight is 273 g/mol. The van der Waals surface area contributed by atoms with Crippen LogP contribution in [0.2, 0.25) is 0 Å². The third-order valence-corrected chi connectivity index (χ3v) is 2.78. The zero-order valence-corrected chi connectivity index (χ0v) is 11.2. The maximum Gasteiger partial charge on any atom is 0.251 e. The van der Waals surface area contributed by atoms with Crippen molar-refractivity contribution in [1.82, 2.24) is 5.32 Å². The minimum Gasteiger partial charge on any atom is -0.492 e. The summed E-state index contributed by atoms with van der Waals surface area (Å²) < 4.78 is 18.1. The molecule has 0 atom stereocenters. The molecule has 0 saturated carbocycles. The fourth-order valence-corrected chi connectivity index (χ4v) is 1.67. The number of halogens is 1. The molecular formula is C16H16FNO2. The van der Waals surface area contributed by atoms with Crippen molar-refractivity contribution >= 4 is 5.91 Å². The van der Waals surface area contributed by atoms with Gasteiger partial charge in [-0.15, -0.1) is 0 Å². The molecule has 0 heterocycles. The Balaban J connectivity index is 1.74. The highest BCUT2D eigenvalue weighted by atomic mass is 19.1. The molecule has 0 fully saturated rings. The molecule has 2 aromatic carbocycles. The molecular weight excluding hydrogens is 257 g/mol. The number of hydrogen-bond donors (Lipinski definition) is 1. The average Bonchev–Trinajstić information content (AvgIpc) is 2.46. The summed E-state index contributed by atoms with van der Waals surface area (Å²) in [6, 6.07) is 13.1. The topological polar surface area (TPSA) is 38.3 Å². The van der Waals surface area contributed by atoms with Crippen LogP contribution >= 0.6 is 0 Å². The highest BCUT2D eigenvalue weighted by Crippen LogP contribution is 2.10. The minimum absolute atomic E-state index is 0.132. The first-order valence-corrected chi connectivity index (χ1v) is 6.38. The van der Waals surface area contributed by atoms with Gasteiger partial charge in [-0.05, 0) is 43.3 Å². The Bertz CT molecular complexity index is 564. The van der Waals surface area contributed by atoms with Gasteiger partial charge in [0, 0.05) is 5.56 Å². The maximum absolute atomic E-state index is 12.7. The smallest absolute Gasteiger partial charge is 0.251 e. The molecule has 0 aliphatic rings. The summed E-state index contributed by atoms with van der Waals surface area (Å²) in [5.74, 6) is 0.147. The molecule has 0 saturated heterocycles. The standard InChI is InChI=1S/C16H16FNO2/c1-12-2-4-13(5-3-12)16(19)18-10-11-20-15-8-6-14(17)7-9-15/h2-9H,10-11H2,1H3,(H,18,19). The maximum atomic E-state index is 12.7. The van der Waals surface area contributed by atoms with Crippen molar-refractivity contribution in [2.75, 3.05) is 13.2 Å². The fourth-order valence-electron chi connectivity index (χ4n) is 1.67. The predicted molar refractivity (Wildman–Crippen MR) is 75.4 cm³/mol. The summed E-state index contributed by atoms with van der Waals surface area (Å²) in [4.78, 5) is 11.8. The largest absolute Gasteiger partial charge is 0.492 e. The van der Waals surface area contributed by atoms with Crippen molar-refractivity contribution in [3.05, 3.63) is 65.5 Å². The molecule has 0 aromatic heterocycles. The van der Waals surface area contributed by atoms with Crippen LogP contribution < -0.4 is 10.1 Å². The van der Waals surface area contributed by atoms with E-state index >= 15 is 0 Å². The second-order valence-electron chi connectivity index (χ2n) is 4.42. The summed E-state index contributed by atoms with van der Waals surface area (Å²) in [6.45, 7) is 2.70. The Morgan fingerprint density at radius 2 is 1.75 bits per heavy atom. The van der Waals surface area contributed by atoms with Gasteiger partial charge in [0.15, 0.2) is 0 Å². The number of aryl methyl sites for hydroxylation is 1. The summed E-state index contributed by atoms with van der Waals surface area (Å²) in [6.07, 6.45) is 0.